The Bertz CT molecular complexity index is 535. The van der Waals surface area contributed by atoms with E-state index in [1.165, 1.54) is 18.2 Å². The van der Waals surface area contributed by atoms with Crippen molar-refractivity contribution in [3.8, 4) is 0 Å². The summed E-state index contributed by atoms with van der Waals surface area (Å²) in [7, 11) is 0. The van der Waals surface area contributed by atoms with Crippen LogP contribution in [0.1, 0.15) is 24.8 Å². The molecule has 1 aliphatic heterocycles. The quantitative estimate of drug-likeness (QED) is 0.831. The van der Waals surface area contributed by atoms with Gasteiger partial charge in [0.25, 0.3) is 5.91 Å². The molecule has 21 heavy (non-hydrogen) atoms. The van der Waals surface area contributed by atoms with Crippen molar-refractivity contribution in [3.05, 3.63) is 34.6 Å². The first kappa shape index (κ1) is 16.1. The van der Waals surface area contributed by atoms with Crippen LogP contribution >= 0.6 is 11.6 Å². The lowest BCUT2D eigenvalue weighted by atomic mass is 10.1. The average molecular weight is 333 g/mol. The van der Waals surface area contributed by atoms with E-state index in [-0.39, 0.29) is 17.0 Å². The summed E-state index contributed by atoms with van der Waals surface area (Å²) >= 11 is 5.19. The largest absolute Gasteiger partial charge is 0.477 e. The van der Waals surface area contributed by atoms with E-state index in [4.69, 9.17) is 11.6 Å². The van der Waals surface area contributed by atoms with Crippen LogP contribution in [0.15, 0.2) is 18.2 Å². The predicted molar refractivity (Wildman–Crippen MR) is 80.8 cm³/mol. The van der Waals surface area contributed by atoms with Crippen LogP contribution in [0.5, 0.6) is 0 Å². The minimum Gasteiger partial charge on any atom is -0.477 e. The number of benzene rings is 1. The van der Waals surface area contributed by atoms with Crippen LogP contribution in [0.2, 0.25) is 5.02 Å². The van der Waals surface area contributed by atoms with Crippen LogP contribution in [-0.4, -0.2) is 28.0 Å². The monoisotopic (exact) mass is 332 g/mol. The topological polar surface area (TPSA) is 66.4 Å². The van der Waals surface area contributed by atoms with Gasteiger partial charge in [-0.25, -0.2) is 9.18 Å². The van der Waals surface area contributed by atoms with Crippen LogP contribution in [0.4, 0.5) is 4.39 Å². The molecule has 0 bridgehead atoms. The van der Waals surface area contributed by atoms with Gasteiger partial charge in [-0.05, 0) is 25.0 Å². The molecular weight excluding hydrogens is 317 g/mol. The first-order chi connectivity index (χ1) is 9.99. The molecule has 0 saturated carbocycles. The molecule has 0 spiro atoms. The number of carboxylic acids is 1. The molecule has 2 rings (SSSR count). The van der Waals surface area contributed by atoms with Gasteiger partial charge in [0, 0.05) is 17.0 Å². The van der Waals surface area contributed by atoms with Gasteiger partial charge < -0.3 is 5.11 Å². The van der Waals surface area contributed by atoms with Crippen molar-refractivity contribution in [2.75, 3.05) is 5.75 Å². The Kier molecular flexibility index (Phi) is 5.47. The summed E-state index contributed by atoms with van der Waals surface area (Å²) in [6, 6.07) is 4.25. The number of carbonyl (C=O) groups is 2. The number of amides is 1. The lowest BCUT2D eigenvalue weighted by Crippen LogP contribution is -2.46. The molecule has 114 valence electrons. The van der Waals surface area contributed by atoms with Gasteiger partial charge in [-0.2, -0.15) is 4.72 Å². The van der Waals surface area contributed by atoms with Crippen LogP contribution in [0, 0.1) is 5.82 Å². The Morgan fingerprint density at radius 1 is 1.43 bits per heavy atom. The summed E-state index contributed by atoms with van der Waals surface area (Å²) in [5.74, 6) is -1.14. The van der Waals surface area contributed by atoms with E-state index in [0.29, 0.717) is 12.2 Å². The average Bonchev–Trinajstić information content (AvgIpc) is 2.43. The Morgan fingerprint density at radius 2 is 2.19 bits per heavy atom. The molecule has 1 amide bonds. The lowest BCUT2D eigenvalue weighted by Gasteiger charge is -2.19. The summed E-state index contributed by atoms with van der Waals surface area (Å²) in [4.78, 5) is 23.2. The smallest absolute Gasteiger partial charge is 0.359 e. The first-order valence-electron chi connectivity index (χ1n) is 6.64. The van der Waals surface area contributed by atoms with Gasteiger partial charge in [0.2, 0.25) is 5.25 Å². The number of halogens is 2. The number of carboxylic acid groups (broad SMARTS) is 1. The van der Waals surface area contributed by atoms with E-state index in [1.807, 2.05) is 0 Å². The van der Waals surface area contributed by atoms with Gasteiger partial charge in [-0.1, -0.05) is 17.7 Å². The van der Waals surface area contributed by atoms with E-state index in [1.54, 1.807) is 0 Å². The summed E-state index contributed by atoms with van der Waals surface area (Å²) in [5.41, 5.74) is 0.143. The molecular formula is C14H16ClFNO3S+. The maximum Gasteiger partial charge on any atom is 0.359 e. The van der Waals surface area contributed by atoms with Gasteiger partial charge in [0.05, 0.1) is 6.42 Å². The minimum absolute atomic E-state index is 0.143. The lowest BCUT2D eigenvalue weighted by molar-refractivity contribution is -0.136. The fraction of sp³-hybridized carbons (Fsp3) is 0.429. The Labute approximate surface area is 130 Å². The summed E-state index contributed by atoms with van der Waals surface area (Å²) in [5, 5.41) is 8.83. The Balaban J connectivity index is 2.02. The van der Waals surface area contributed by atoms with Gasteiger partial charge in [-0.3, -0.25) is 4.79 Å². The Morgan fingerprint density at radius 3 is 2.86 bits per heavy atom. The molecule has 1 aliphatic rings. The molecule has 2 atom stereocenters. The molecule has 0 aromatic heterocycles. The second-order valence-corrected chi connectivity index (χ2v) is 7.30. The zero-order chi connectivity index (χ0) is 15.4. The molecule has 2 unspecified atom stereocenters. The van der Waals surface area contributed by atoms with E-state index in [0.717, 1.165) is 12.8 Å². The number of carbonyl (C=O) groups excluding carboxylic acids is 1. The van der Waals surface area contributed by atoms with Crippen LogP contribution in [0.3, 0.4) is 0 Å². The van der Waals surface area contributed by atoms with Crippen molar-refractivity contribution in [2.45, 2.75) is 30.9 Å². The van der Waals surface area contributed by atoms with Gasteiger partial charge in [0.1, 0.15) is 22.7 Å². The molecule has 1 heterocycles. The maximum absolute atomic E-state index is 13.6. The van der Waals surface area contributed by atoms with E-state index in [2.05, 4.69) is 4.72 Å². The first-order valence-corrected chi connectivity index (χ1v) is 8.47. The second-order valence-electron chi connectivity index (χ2n) is 4.86. The van der Waals surface area contributed by atoms with Gasteiger partial charge in [-0.15, -0.1) is 0 Å². The third-order valence-corrected chi connectivity index (χ3v) is 6.04. The van der Waals surface area contributed by atoms with Crippen molar-refractivity contribution < 1.29 is 19.1 Å². The van der Waals surface area contributed by atoms with E-state index >= 15 is 0 Å². The molecule has 1 aromatic rings. The molecule has 0 radical (unpaired) electrons. The highest BCUT2D eigenvalue weighted by molar-refractivity contribution is 7.96. The molecule has 4 nitrogen and oxygen atoms in total. The molecule has 1 aromatic carbocycles. The predicted octanol–water partition coefficient (Wildman–Crippen LogP) is 2.31. The molecule has 0 aliphatic carbocycles. The van der Waals surface area contributed by atoms with Crippen molar-refractivity contribution in [3.63, 3.8) is 0 Å². The zero-order valence-corrected chi connectivity index (χ0v) is 12.8. The minimum atomic E-state index is -0.887. The normalized spacial score (nSPS) is 21.8. The van der Waals surface area contributed by atoms with Crippen LogP contribution in [0.25, 0.3) is 0 Å². The van der Waals surface area contributed by atoms with Crippen molar-refractivity contribution in [1.29, 1.82) is 0 Å². The van der Waals surface area contributed by atoms with E-state index < -0.39 is 34.0 Å². The van der Waals surface area contributed by atoms with Crippen molar-refractivity contribution in [2.24, 2.45) is 0 Å². The third-order valence-electron chi connectivity index (χ3n) is 3.34. The maximum atomic E-state index is 13.6. The number of nitrogens with one attached hydrogen (secondary N) is 1. The number of hydrogen-bond acceptors (Lipinski definition) is 2. The standard InChI is InChI=1S/C14H15ClFNO3S/c15-10-4-3-5-11(16)9(10)8-13(18)17-21-7-2-1-6-12(21)14(19)20/h3-5,12H,1-2,6-8H2,(H-,17,18,19,20)/p+1. The molecule has 1 fully saturated rings. The highest BCUT2D eigenvalue weighted by Crippen LogP contribution is 2.22. The van der Waals surface area contributed by atoms with Crippen molar-refractivity contribution >= 4 is 34.6 Å². The highest BCUT2D eigenvalue weighted by Gasteiger charge is 2.41. The van der Waals surface area contributed by atoms with E-state index in [9.17, 15) is 19.1 Å². The van der Waals surface area contributed by atoms with Crippen molar-refractivity contribution in [1.82, 2.24) is 4.72 Å². The molecule has 2 N–H and O–H groups in total. The zero-order valence-electron chi connectivity index (χ0n) is 11.3. The SMILES string of the molecule is O=C(Cc1c(F)cccc1Cl)N[S+]1CCCCC1C(=O)O. The molecule has 1 saturated heterocycles. The number of rotatable bonds is 4. The molecule has 7 heteroatoms. The fourth-order valence-corrected chi connectivity index (χ4v) is 4.62. The highest BCUT2D eigenvalue weighted by atomic mass is 35.5. The van der Waals surface area contributed by atoms with Gasteiger partial charge in [0.15, 0.2) is 0 Å². The fourth-order valence-electron chi connectivity index (χ4n) is 2.28. The number of hydrogen-bond donors (Lipinski definition) is 2. The third kappa shape index (κ3) is 4.11. The van der Waals surface area contributed by atoms with Crippen LogP contribution < -0.4 is 4.72 Å². The Hall–Kier alpha value is -1.27. The summed E-state index contributed by atoms with van der Waals surface area (Å²) in [6.07, 6.45) is 2.14. The van der Waals surface area contributed by atoms with Crippen LogP contribution in [-0.2, 0) is 27.1 Å². The van der Waals surface area contributed by atoms with Gasteiger partial charge >= 0.3 is 5.97 Å². The summed E-state index contributed by atoms with van der Waals surface area (Å²) in [6.45, 7) is 0. The second kappa shape index (κ2) is 7.13. The summed E-state index contributed by atoms with van der Waals surface area (Å²) < 4.78 is 16.4. The number of aliphatic carboxylic acids is 1.